The van der Waals surface area contributed by atoms with Gasteiger partial charge in [-0.05, 0) is 170 Å². The van der Waals surface area contributed by atoms with Gasteiger partial charge >= 0.3 is 0 Å². The van der Waals surface area contributed by atoms with E-state index in [0.29, 0.717) is 17.8 Å². The lowest BCUT2D eigenvalue weighted by molar-refractivity contribution is 0.332. The number of anilines is 6. The maximum atomic E-state index is 9.80. The second-order valence-corrected chi connectivity index (χ2v) is 23.9. The van der Waals surface area contributed by atoms with Gasteiger partial charge in [-0.2, -0.15) is 0 Å². The van der Waals surface area contributed by atoms with Gasteiger partial charge in [0.25, 0.3) is 6.71 Å². The Morgan fingerprint density at radius 3 is 1.69 bits per heavy atom. The molecule has 0 fully saturated rings. The van der Waals surface area contributed by atoms with E-state index < -0.39 is 0 Å². The number of nitrogens with zero attached hydrogens (tertiary/aromatic N) is 2. The Balaban J connectivity index is 1.35. The fourth-order valence-electron chi connectivity index (χ4n) is 11.3. The largest absolute Gasteiger partial charge is 0.468 e. The summed E-state index contributed by atoms with van der Waals surface area (Å²) in [5, 5.41) is 1.02. The predicted octanol–water partition coefficient (Wildman–Crippen LogP) is 14.1. The number of furan rings is 1. The third kappa shape index (κ3) is 6.04. The van der Waals surface area contributed by atoms with E-state index in [9.17, 15) is 2.74 Å². The molecule has 0 amide bonds. The molecule has 4 aliphatic rings. The van der Waals surface area contributed by atoms with Crippen molar-refractivity contribution in [1.29, 1.82) is 0 Å². The van der Waals surface area contributed by atoms with Crippen molar-refractivity contribution in [3.63, 3.8) is 0 Å². The molecule has 6 aromatic rings. The van der Waals surface area contributed by atoms with Crippen LogP contribution in [-0.4, -0.2) is 6.71 Å². The number of aryl methyl sites for hydroxylation is 1. The Hall–Kier alpha value is -4.70. The normalized spacial score (nSPS) is 19.7. The molecule has 5 aromatic carbocycles. The monoisotopic (exact) mass is 809 g/mol. The molecule has 10 rings (SSSR count). The van der Waals surface area contributed by atoms with Gasteiger partial charge in [0.2, 0.25) is 0 Å². The highest BCUT2D eigenvalue weighted by Crippen LogP contribution is 2.53. The van der Waals surface area contributed by atoms with E-state index >= 15 is 0 Å². The number of hydrogen-bond donors (Lipinski definition) is 0. The molecule has 4 heteroatoms. The van der Waals surface area contributed by atoms with Gasteiger partial charge in [0.15, 0.2) is 0 Å². The summed E-state index contributed by atoms with van der Waals surface area (Å²) in [5.41, 5.74) is 19.2. The zero-order chi connectivity index (χ0) is 45.3. The van der Waals surface area contributed by atoms with Crippen LogP contribution in [0.25, 0.3) is 11.0 Å². The molecule has 0 N–H and O–H groups in total. The third-order valence-corrected chi connectivity index (χ3v) is 15.6. The SMILES string of the molecule is [2H]c1cc(C(C)(C)C)cc([2H])c1N1c2cc(C)cc3c2B(c2cc4c(cc2N3c2ccc3c(c2)C(C)(C)CCC3(C)C)C(C)(C)CCC4(C)C)c2oc3ccc(C(C)(C)C)cc3c21. The van der Waals surface area contributed by atoms with Crippen LogP contribution in [0.5, 0.6) is 0 Å². The maximum Gasteiger partial charge on any atom is 0.297 e. The molecule has 61 heavy (non-hydrogen) atoms. The summed E-state index contributed by atoms with van der Waals surface area (Å²) in [6.07, 6.45) is 4.57. The second kappa shape index (κ2) is 12.7. The fraction of sp³-hybridized carbons (Fsp3) is 0.439. The Morgan fingerprint density at radius 1 is 0.557 bits per heavy atom. The van der Waals surface area contributed by atoms with Gasteiger partial charge in [-0.3, -0.25) is 0 Å². The van der Waals surface area contributed by atoms with E-state index in [4.69, 9.17) is 4.42 Å². The van der Waals surface area contributed by atoms with Crippen LogP contribution in [-0.2, 0) is 32.5 Å². The molecule has 0 spiro atoms. The molecule has 1 aromatic heterocycles. The van der Waals surface area contributed by atoms with E-state index in [-0.39, 0.29) is 39.2 Å². The Morgan fingerprint density at radius 2 is 1.10 bits per heavy atom. The van der Waals surface area contributed by atoms with Crippen molar-refractivity contribution in [3.8, 4) is 0 Å². The van der Waals surface area contributed by atoms with Crippen molar-refractivity contribution in [2.45, 2.75) is 162 Å². The van der Waals surface area contributed by atoms with Crippen LogP contribution in [0, 0.1) is 6.92 Å². The van der Waals surface area contributed by atoms with Crippen molar-refractivity contribution < 1.29 is 7.16 Å². The van der Waals surface area contributed by atoms with Crippen LogP contribution in [0.3, 0.4) is 0 Å². The lowest BCUT2D eigenvalue weighted by atomic mass is 9.35. The molecule has 2 aliphatic carbocycles. The summed E-state index contributed by atoms with van der Waals surface area (Å²) in [5.74, 6) is 0. The fourth-order valence-corrected chi connectivity index (χ4v) is 11.3. The summed E-state index contributed by atoms with van der Waals surface area (Å²) in [6.45, 7) is 34.7. The van der Waals surface area contributed by atoms with Crippen LogP contribution in [0.1, 0.15) is 164 Å². The lowest BCUT2D eigenvalue weighted by Gasteiger charge is -2.47. The second-order valence-electron chi connectivity index (χ2n) is 23.9. The highest BCUT2D eigenvalue weighted by molar-refractivity contribution is 7.00. The van der Waals surface area contributed by atoms with Crippen LogP contribution in [0.15, 0.2) is 89.3 Å². The summed E-state index contributed by atoms with van der Waals surface area (Å²) >= 11 is 0. The molecule has 3 nitrogen and oxygen atoms in total. The summed E-state index contributed by atoms with van der Waals surface area (Å²) < 4.78 is 26.9. The summed E-state index contributed by atoms with van der Waals surface area (Å²) in [7, 11) is 0. The Labute approximate surface area is 369 Å². The van der Waals surface area contributed by atoms with Crippen LogP contribution in [0.4, 0.5) is 34.1 Å². The molecule has 0 bridgehead atoms. The number of fused-ring (bicyclic) bond motifs is 8. The number of hydrogen-bond acceptors (Lipinski definition) is 3. The van der Waals surface area contributed by atoms with E-state index in [2.05, 4.69) is 174 Å². The average molecular weight is 809 g/mol. The van der Waals surface area contributed by atoms with Gasteiger partial charge in [0.1, 0.15) is 5.58 Å². The molecule has 0 atom stereocenters. The zero-order valence-corrected chi connectivity index (χ0v) is 39.6. The first-order valence-corrected chi connectivity index (χ1v) is 23.0. The van der Waals surface area contributed by atoms with E-state index in [0.717, 1.165) is 64.1 Å². The van der Waals surface area contributed by atoms with Crippen molar-refractivity contribution in [1.82, 2.24) is 0 Å². The first kappa shape index (κ1) is 38.0. The highest BCUT2D eigenvalue weighted by atomic mass is 16.3. The lowest BCUT2D eigenvalue weighted by Crippen LogP contribution is -2.61. The van der Waals surface area contributed by atoms with Crippen molar-refractivity contribution in [3.05, 3.63) is 124 Å². The van der Waals surface area contributed by atoms with E-state index in [1.165, 1.54) is 56.5 Å². The average Bonchev–Trinajstić information content (AvgIpc) is 3.56. The number of rotatable bonds is 2. The summed E-state index contributed by atoms with van der Waals surface area (Å²) in [6, 6.07) is 28.5. The molecular formula is C57H67BN2O. The molecule has 314 valence electrons. The van der Waals surface area contributed by atoms with Crippen LogP contribution >= 0.6 is 0 Å². The standard InChI is InChI=1S/C57H67BN2O/c1-34-28-46-49-47(29-34)60(37-19-16-35(17-20-37)52(2,3)4)50-39-30-36(53(5,6)7)18-23-48(39)61-51(50)58(49)44-32-42-43(57(14,15)27-26-56(42,12)13)33-45(44)59(46)38-21-22-40-41(31-38)55(10,11)25-24-54(40,8)9/h16-23,28-33H,24-27H2,1-15H3/i19D,20D. The molecule has 0 saturated carbocycles. The minimum Gasteiger partial charge on any atom is -0.468 e. The van der Waals surface area contributed by atoms with Crippen molar-refractivity contribution in [2.75, 3.05) is 9.80 Å². The topological polar surface area (TPSA) is 19.6 Å². The Kier molecular flexibility index (Phi) is 7.92. The maximum absolute atomic E-state index is 9.80. The highest BCUT2D eigenvalue weighted by Gasteiger charge is 2.49. The molecule has 0 radical (unpaired) electrons. The van der Waals surface area contributed by atoms with Gasteiger partial charge in [0, 0.05) is 33.8 Å². The van der Waals surface area contributed by atoms with Gasteiger partial charge in [-0.1, -0.05) is 127 Å². The minimum atomic E-state index is -0.213. The molecule has 2 aliphatic heterocycles. The van der Waals surface area contributed by atoms with Crippen molar-refractivity contribution in [2.24, 2.45) is 0 Å². The molecule has 3 heterocycles. The molecular weight excluding hydrogens is 739 g/mol. The van der Waals surface area contributed by atoms with E-state index in [1.54, 1.807) is 0 Å². The van der Waals surface area contributed by atoms with Gasteiger partial charge in [-0.25, -0.2) is 0 Å². The third-order valence-electron chi connectivity index (χ3n) is 15.6. The van der Waals surface area contributed by atoms with Crippen LogP contribution in [0.2, 0.25) is 0 Å². The smallest absolute Gasteiger partial charge is 0.297 e. The van der Waals surface area contributed by atoms with Crippen molar-refractivity contribution >= 4 is 68.4 Å². The summed E-state index contributed by atoms with van der Waals surface area (Å²) in [4.78, 5) is 4.82. The quantitative estimate of drug-likeness (QED) is 0.162. The predicted molar refractivity (Wildman–Crippen MR) is 263 cm³/mol. The van der Waals surface area contributed by atoms with Gasteiger partial charge in [-0.15, -0.1) is 0 Å². The van der Waals surface area contributed by atoms with Gasteiger partial charge in [0.05, 0.1) is 14.1 Å². The van der Waals surface area contributed by atoms with E-state index in [1.807, 2.05) is 12.1 Å². The first-order valence-electron chi connectivity index (χ1n) is 24.0. The Bertz CT molecular complexity index is 2910. The number of benzene rings is 5. The first-order chi connectivity index (χ1) is 29.2. The zero-order valence-electron chi connectivity index (χ0n) is 41.6. The molecule has 0 saturated heterocycles. The van der Waals surface area contributed by atoms with Gasteiger partial charge < -0.3 is 14.2 Å². The molecule has 0 unspecified atom stereocenters. The van der Waals surface area contributed by atoms with Crippen LogP contribution < -0.4 is 26.4 Å². The minimum absolute atomic E-state index is 0.00339.